The van der Waals surface area contributed by atoms with Gasteiger partial charge >= 0.3 is 0 Å². The van der Waals surface area contributed by atoms with Crippen molar-refractivity contribution in [2.24, 2.45) is 5.73 Å². The van der Waals surface area contributed by atoms with Crippen LogP contribution in [0.4, 0.5) is 0 Å². The Balaban J connectivity index is 2.60. The second-order valence-corrected chi connectivity index (χ2v) is 3.39. The van der Waals surface area contributed by atoms with E-state index in [0.717, 1.165) is 18.4 Å². The minimum atomic E-state index is -0.503. The Kier molecular flexibility index (Phi) is 2.08. The Morgan fingerprint density at radius 3 is 2.93 bits per heavy atom. The van der Waals surface area contributed by atoms with Gasteiger partial charge in [-0.1, -0.05) is 12.1 Å². The summed E-state index contributed by atoms with van der Waals surface area (Å²) in [7, 11) is 0. The highest BCUT2D eigenvalue weighted by Crippen LogP contribution is 2.23. The summed E-state index contributed by atoms with van der Waals surface area (Å²) in [4.78, 5) is 22.6. The van der Waals surface area contributed by atoms with Crippen LogP contribution in [0.2, 0.25) is 0 Å². The van der Waals surface area contributed by atoms with Crippen molar-refractivity contribution in [3.8, 4) is 0 Å². The van der Waals surface area contributed by atoms with E-state index in [0.29, 0.717) is 17.5 Å². The quantitative estimate of drug-likeness (QED) is 0.717. The van der Waals surface area contributed by atoms with E-state index in [1.54, 1.807) is 12.1 Å². The van der Waals surface area contributed by atoms with E-state index in [1.807, 2.05) is 0 Å². The van der Waals surface area contributed by atoms with E-state index in [1.165, 1.54) is 0 Å². The van der Waals surface area contributed by atoms with Crippen LogP contribution in [0.3, 0.4) is 0 Å². The van der Waals surface area contributed by atoms with Crippen molar-refractivity contribution in [3.63, 3.8) is 0 Å². The molecule has 0 saturated carbocycles. The molecule has 2 rings (SSSR count). The second kappa shape index (κ2) is 3.25. The first kappa shape index (κ1) is 8.94. The molecule has 1 aromatic carbocycles. The SMILES string of the molecule is NC(=O)c1[c]ccc2c1CCCC2=O. The number of hydrogen-bond donors (Lipinski definition) is 1. The largest absolute Gasteiger partial charge is 0.366 e. The first-order valence-corrected chi connectivity index (χ1v) is 4.56. The van der Waals surface area contributed by atoms with Gasteiger partial charge in [-0.25, -0.2) is 0 Å². The number of carbonyl (C=O) groups is 2. The smallest absolute Gasteiger partial charge is 0.249 e. The van der Waals surface area contributed by atoms with Crippen LogP contribution in [-0.4, -0.2) is 11.7 Å². The number of primary amides is 1. The van der Waals surface area contributed by atoms with E-state index in [9.17, 15) is 9.59 Å². The van der Waals surface area contributed by atoms with Gasteiger partial charge in [0.05, 0.1) is 5.56 Å². The topological polar surface area (TPSA) is 60.2 Å². The van der Waals surface area contributed by atoms with E-state index in [-0.39, 0.29) is 5.78 Å². The molecule has 0 spiro atoms. The van der Waals surface area contributed by atoms with Gasteiger partial charge in [0.25, 0.3) is 0 Å². The molecule has 1 amide bonds. The summed E-state index contributed by atoms with van der Waals surface area (Å²) in [6, 6.07) is 6.09. The van der Waals surface area contributed by atoms with Crippen molar-refractivity contribution in [2.75, 3.05) is 0 Å². The van der Waals surface area contributed by atoms with Gasteiger partial charge in [0.1, 0.15) is 0 Å². The Labute approximate surface area is 81.9 Å². The summed E-state index contributed by atoms with van der Waals surface area (Å²) >= 11 is 0. The molecule has 0 heterocycles. The van der Waals surface area contributed by atoms with Gasteiger partial charge in [0, 0.05) is 12.0 Å². The van der Waals surface area contributed by atoms with Crippen molar-refractivity contribution in [1.29, 1.82) is 0 Å². The molecule has 14 heavy (non-hydrogen) atoms. The van der Waals surface area contributed by atoms with E-state index >= 15 is 0 Å². The second-order valence-electron chi connectivity index (χ2n) is 3.39. The van der Waals surface area contributed by atoms with Crippen LogP contribution in [0.25, 0.3) is 0 Å². The molecular weight excluding hydrogens is 178 g/mol. The number of ketones is 1. The molecule has 0 saturated heterocycles. The third-order valence-electron chi connectivity index (χ3n) is 2.48. The van der Waals surface area contributed by atoms with Crippen LogP contribution < -0.4 is 5.73 Å². The summed E-state index contributed by atoms with van der Waals surface area (Å²) in [6.07, 6.45) is 2.11. The van der Waals surface area contributed by atoms with Crippen molar-refractivity contribution in [1.82, 2.24) is 0 Å². The van der Waals surface area contributed by atoms with E-state index in [2.05, 4.69) is 6.07 Å². The van der Waals surface area contributed by atoms with Gasteiger partial charge < -0.3 is 5.73 Å². The molecule has 1 radical (unpaired) electrons. The molecule has 1 aromatic rings. The maximum atomic E-state index is 11.5. The Morgan fingerprint density at radius 2 is 2.21 bits per heavy atom. The summed E-state index contributed by atoms with van der Waals surface area (Å²) in [6.45, 7) is 0. The maximum Gasteiger partial charge on any atom is 0.249 e. The predicted molar refractivity (Wildman–Crippen MR) is 51.1 cm³/mol. The van der Waals surface area contributed by atoms with Crippen LogP contribution >= 0.6 is 0 Å². The summed E-state index contributed by atoms with van der Waals surface area (Å²) in [5.74, 6) is -0.403. The van der Waals surface area contributed by atoms with E-state index < -0.39 is 5.91 Å². The number of Topliss-reactive ketones (excluding diaryl/α,β-unsaturated/α-hetero) is 1. The van der Waals surface area contributed by atoms with Crippen LogP contribution in [0.15, 0.2) is 12.1 Å². The number of fused-ring (bicyclic) bond motifs is 1. The lowest BCUT2D eigenvalue weighted by atomic mass is 9.87. The molecule has 3 nitrogen and oxygen atoms in total. The van der Waals surface area contributed by atoms with Crippen molar-refractivity contribution >= 4 is 11.7 Å². The van der Waals surface area contributed by atoms with Crippen LogP contribution in [0, 0.1) is 6.07 Å². The monoisotopic (exact) mass is 188 g/mol. The minimum Gasteiger partial charge on any atom is -0.366 e. The van der Waals surface area contributed by atoms with Gasteiger partial charge in [-0.3, -0.25) is 9.59 Å². The molecule has 71 valence electrons. The Morgan fingerprint density at radius 1 is 1.43 bits per heavy atom. The zero-order valence-electron chi connectivity index (χ0n) is 7.67. The molecule has 1 aliphatic carbocycles. The van der Waals surface area contributed by atoms with Gasteiger partial charge in [0.2, 0.25) is 5.91 Å². The minimum absolute atomic E-state index is 0.0998. The number of rotatable bonds is 1. The zero-order valence-corrected chi connectivity index (χ0v) is 7.67. The van der Waals surface area contributed by atoms with Gasteiger partial charge in [-0.15, -0.1) is 0 Å². The van der Waals surface area contributed by atoms with Crippen molar-refractivity contribution in [3.05, 3.63) is 34.9 Å². The molecule has 0 aliphatic heterocycles. The van der Waals surface area contributed by atoms with E-state index in [4.69, 9.17) is 5.73 Å². The zero-order chi connectivity index (χ0) is 10.1. The highest BCUT2D eigenvalue weighted by molar-refractivity contribution is 6.03. The molecule has 3 heteroatoms. The average Bonchev–Trinajstić information content (AvgIpc) is 2.17. The first-order valence-electron chi connectivity index (χ1n) is 4.56. The van der Waals surface area contributed by atoms with Gasteiger partial charge in [-0.05, 0) is 24.5 Å². The molecular formula is C11H10NO2. The molecule has 0 unspecified atom stereocenters. The van der Waals surface area contributed by atoms with Crippen molar-refractivity contribution < 1.29 is 9.59 Å². The molecule has 0 atom stereocenters. The fraction of sp³-hybridized carbons (Fsp3) is 0.273. The highest BCUT2D eigenvalue weighted by atomic mass is 16.1. The Bertz CT molecular complexity index is 395. The predicted octanol–water partition coefficient (Wildman–Crippen LogP) is 1.10. The number of amides is 1. The number of nitrogens with two attached hydrogens (primary N) is 1. The fourth-order valence-corrected chi connectivity index (χ4v) is 1.83. The lowest BCUT2D eigenvalue weighted by Gasteiger charge is -2.16. The van der Waals surface area contributed by atoms with Crippen LogP contribution in [0.1, 0.15) is 39.1 Å². The molecule has 2 N–H and O–H groups in total. The molecule has 0 aromatic heterocycles. The number of carbonyl (C=O) groups excluding carboxylic acids is 2. The third kappa shape index (κ3) is 1.31. The Hall–Kier alpha value is -1.64. The van der Waals surface area contributed by atoms with Crippen LogP contribution in [0.5, 0.6) is 0 Å². The number of benzene rings is 1. The lowest BCUT2D eigenvalue weighted by molar-refractivity contribution is 0.0972. The fourth-order valence-electron chi connectivity index (χ4n) is 1.83. The third-order valence-corrected chi connectivity index (χ3v) is 2.48. The van der Waals surface area contributed by atoms with Crippen molar-refractivity contribution in [2.45, 2.75) is 19.3 Å². The standard InChI is InChI=1S/C11H10NO2/c12-11(14)9-5-1-4-8-7(9)3-2-6-10(8)13/h1,4H,2-3,6H2,(H2,12,14). The average molecular weight is 188 g/mol. The number of hydrogen-bond acceptors (Lipinski definition) is 2. The molecule has 0 fully saturated rings. The maximum absolute atomic E-state index is 11.5. The normalized spacial score (nSPS) is 15.0. The summed E-state index contributed by atoms with van der Waals surface area (Å²) < 4.78 is 0. The molecule has 0 bridgehead atoms. The summed E-state index contributed by atoms with van der Waals surface area (Å²) in [5.41, 5.74) is 6.99. The summed E-state index contributed by atoms with van der Waals surface area (Å²) in [5, 5.41) is 0. The molecule has 1 aliphatic rings. The highest BCUT2D eigenvalue weighted by Gasteiger charge is 2.21. The lowest BCUT2D eigenvalue weighted by Crippen LogP contribution is -2.19. The van der Waals surface area contributed by atoms with Gasteiger partial charge in [0.15, 0.2) is 5.78 Å². The van der Waals surface area contributed by atoms with Gasteiger partial charge in [-0.2, -0.15) is 0 Å². The first-order chi connectivity index (χ1) is 6.70. The van der Waals surface area contributed by atoms with Crippen LogP contribution in [-0.2, 0) is 6.42 Å².